The number of esters is 1. The molecule has 0 fully saturated rings. The van der Waals surface area contributed by atoms with Crippen LogP contribution in [0.5, 0.6) is 0 Å². The number of anilines is 1. The summed E-state index contributed by atoms with van der Waals surface area (Å²) < 4.78 is 5.35. The lowest BCUT2D eigenvalue weighted by Crippen LogP contribution is -2.14. The molecule has 140 valence electrons. The van der Waals surface area contributed by atoms with Crippen molar-refractivity contribution in [2.45, 2.75) is 46.0 Å². The van der Waals surface area contributed by atoms with Gasteiger partial charge >= 0.3 is 5.97 Å². The lowest BCUT2D eigenvalue weighted by molar-refractivity contribution is -0.144. The number of ether oxygens (including phenoxy) is 1. The standard InChI is InChI=1S/C20H31NO3S/c1-5-7-8-16(6-2)15-24-19(22)13-14-25-20(23)17-9-11-18(12-10-17)21(3)4/h9-12,16H,5-8,13-15H2,1-4H3. The molecule has 0 N–H and O–H groups in total. The Labute approximate surface area is 156 Å². The molecule has 0 amide bonds. The van der Waals surface area contributed by atoms with Crippen molar-refractivity contribution in [2.75, 3.05) is 31.4 Å². The molecule has 1 aromatic carbocycles. The average Bonchev–Trinajstić information content (AvgIpc) is 2.61. The average molecular weight is 366 g/mol. The van der Waals surface area contributed by atoms with Crippen LogP contribution < -0.4 is 4.90 Å². The predicted molar refractivity (Wildman–Crippen MR) is 106 cm³/mol. The molecule has 1 atom stereocenters. The van der Waals surface area contributed by atoms with E-state index >= 15 is 0 Å². The molecule has 0 radical (unpaired) electrons. The van der Waals surface area contributed by atoms with Crippen LogP contribution in [0.15, 0.2) is 24.3 Å². The molecule has 0 saturated carbocycles. The first-order valence-electron chi connectivity index (χ1n) is 9.08. The first-order valence-corrected chi connectivity index (χ1v) is 10.1. The van der Waals surface area contributed by atoms with Gasteiger partial charge in [0.1, 0.15) is 0 Å². The summed E-state index contributed by atoms with van der Waals surface area (Å²) >= 11 is 1.17. The number of hydrogen-bond donors (Lipinski definition) is 0. The monoisotopic (exact) mass is 365 g/mol. The van der Waals surface area contributed by atoms with Gasteiger partial charge in [-0.05, 0) is 36.6 Å². The van der Waals surface area contributed by atoms with Crippen LogP contribution in [-0.4, -0.2) is 37.5 Å². The van der Waals surface area contributed by atoms with E-state index < -0.39 is 0 Å². The van der Waals surface area contributed by atoms with Crippen LogP contribution in [0.4, 0.5) is 5.69 Å². The minimum Gasteiger partial charge on any atom is -0.465 e. The van der Waals surface area contributed by atoms with Crippen LogP contribution >= 0.6 is 11.8 Å². The molecule has 0 aliphatic carbocycles. The van der Waals surface area contributed by atoms with Gasteiger partial charge in [-0.3, -0.25) is 9.59 Å². The molecule has 25 heavy (non-hydrogen) atoms. The van der Waals surface area contributed by atoms with Gasteiger partial charge in [0, 0.05) is 31.1 Å². The van der Waals surface area contributed by atoms with E-state index in [0.29, 0.717) is 23.8 Å². The van der Waals surface area contributed by atoms with Crippen LogP contribution in [0.3, 0.4) is 0 Å². The van der Waals surface area contributed by atoms with E-state index in [-0.39, 0.29) is 17.5 Å². The number of nitrogens with zero attached hydrogens (tertiary/aromatic N) is 1. The third kappa shape index (κ3) is 8.43. The highest BCUT2D eigenvalue weighted by Crippen LogP contribution is 2.18. The SMILES string of the molecule is CCCCC(CC)COC(=O)CCSC(=O)c1ccc(N(C)C)cc1. The second-order valence-electron chi connectivity index (χ2n) is 6.43. The summed E-state index contributed by atoms with van der Waals surface area (Å²) in [4.78, 5) is 25.9. The molecule has 1 aromatic rings. The molecule has 0 bridgehead atoms. The van der Waals surface area contributed by atoms with Crippen molar-refractivity contribution in [1.29, 1.82) is 0 Å². The van der Waals surface area contributed by atoms with Crippen LogP contribution in [-0.2, 0) is 9.53 Å². The Morgan fingerprint density at radius 1 is 1.16 bits per heavy atom. The predicted octanol–water partition coefficient (Wildman–Crippen LogP) is 4.78. The summed E-state index contributed by atoms with van der Waals surface area (Å²) in [6.07, 6.45) is 4.75. The summed E-state index contributed by atoms with van der Waals surface area (Å²) in [6, 6.07) is 7.48. The highest BCUT2D eigenvalue weighted by molar-refractivity contribution is 8.14. The van der Waals surface area contributed by atoms with Gasteiger partial charge in [-0.1, -0.05) is 44.9 Å². The highest BCUT2D eigenvalue weighted by Gasteiger charge is 2.12. The molecule has 1 rings (SSSR count). The number of benzene rings is 1. The van der Waals surface area contributed by atoms with Gasteiger partial charge in [0.05, 0.1) is 13.0 Å². The van der Waals surface area contributed by atoms with Crippen LogP contribution in [0.1, 0.15) is 56.3 Å². The summed E-state index contributed by atoms with van der Waals surface area (Å²) in [6.45, 7) is 4.80. The maximum Gasteiger partial charge on any atom is 0.306 e. The summed E-state index contributed by atoms with van der Waals surface area (Å²) in [5, 5.41) is -0.00696. The van der Waals surface area contributed by atoms with Crippen LogP contribution in [0.2, 0.25) is 0 Å². The molecule has 0 aromatic heterocycles. The first kappa shape index (κ1) is 21.6. The van der Waals surface area contributed by atoms with E-state index in [1.54, 1.807) is 0 Å². The minimum absolute atomic E-state index is 0.00696. The first-order chi connectivity index (χ1) is 12.0. The molecular formula is C20H31NO3S. The molecule has 1 unspecified atom stereocenters. The fraction of sp³-hybridized carbons (Fsp3) is 0.600. The van der Waals surface area contributed by atoms with Crippen LogP contribution in [0.25, 0.3) is 0 Å². The topological polar surface area (TPSA) is 46.6 Å². The fourth-order valence-electron chi connectivity index (χ4n) is 2.39. The number of carbonyl (C=O) groups is 2. The number of rotatable bonds is 11. The number of carbonyl (C=O) groups excluding carboxylic acids is 2. The van der Waals surface area contributed by atoms with Crippen molar-refractivity contribution in [3.63, 3.8) is 0 Å². The molecule has 0 saturated heterocycles. The lowest BCUT2D eigenvalue weighted by Gasteiger charge is -2.14. The molecule has 0 aliphatic heterocycles. The molecular weight excluding hydrogens is 334 g/mol. The number of thioether (sulfide) groups is 1. The zero-order chi connectivity index (χ0) is 18.7. The van der Waals surface area contributed by atoms with Gasteiger partial charge in [-0.2, -0.15) is 0 Å². The molecule has 4 nitrogen and oxygen atoms in total. The van der Waals surface area contributed by atoms with Gasteiger partial charge in [0.15, 0.2) is 0 Å². The second-order valence-corrected chi connectivity index (χ2v) is 7.49. The highest BCUT2D eigenvalue weighted by atomic mass is 32.2. The largest absolute Gasteiger partial charge is 0.465 e. The maximum absolute atomic E-state index is 12.1. The Hall–Kier alpha value is -1.49. The summed E-state index contributed by atoms with van der Waals surface area (Å²) in [7, 11) is 3.92. The van der Waals surface area contributed by atoms with Gasteiger partial charge in [-0.25, -0.2) is 0 Å². The van der Waals surface area contributed by atoms with Gasteiger partial charge in [0.25, 0.3) is 0 Å². The molecule has 0 heterocycles. The fourth-order valence-corrected chi connectivity index (χ4v) is 3.14. The Bertz CT molecular complexity index is 528. The molecule has 0 aliphatic rings. The van der Waals surface area contributed by atoms with Crippen molar-refractivity contribution >= 4 is 28.5 Å². The Morgan fingerprint density at radius 3 is 2.40 bits per heavy atom. The van der Waals surface area contributed by atoms with E-state index in [2.05, 4.69) is 13.8 Å². The van der Waals surface area contributed by atoms with Crippen LogP contribution in [0, 0.1) is 5.92 Å². The lowest BCUT2D eigenvalue weighted by atomic mass is 10.0. The quantitative estimate of drug-likeness (QED) is 0.528. The second kappa shape index (κ2) is 12.0. The zero-order valence-corrected chi connectivity index (χ0v) is 16.7. The Morgan fingerprint density at radius 2 is 1.84 bits per heavy atom. The third-order valence-electron chi connectivity index (χ3n) is 4.18. The van der Waals surface area contributed by atoms with Gasteiger partial charge < -0.3 is 9.64 Å². The molecule has 5 heteroatoms. The normalized spacial score (nSPS) is 11.8. The third-order valence-corrected chi connectivity index (χ3v) is 5.09. The van der Waals surface area contributed by atoms with Crippen molar-refractivity contribution in [1.82, 2.24) is 0 Å². The summed E-state index contributed by atoms with van der Waals surface area (Å²) in [5.74, 6) is 0.699. The van der Waals surface area contributed by atoms with Crippen molar-refractivity contribution in [3.05, 3.63) is 29.8 Å². The number of hydrogen-bond acceptors (Lipinski definition) is 5. The molecule has 0 spiro atoms. The van der Waals surface area contributed by atoms with E-state index in [4.69, 9.17) is 4.74 Å². The van der Waals surface area contributed by atoms with E-state index in [1.165, 1.54) is 24.6 Å². The van der Waals surface area contributed by atoms with Gasteiger partial charge in [-0.15, -0.1) is 0 Å². The number of unbranched alkanes of at least 4 members (excludes halogenated alkanes) is 1. The maximum atomic E-state index is 12.1. The smallest absolute Gasteiger partial charge is 0.306 e. The van der Waals surface area contributed by atoms with Gasteiger partial charge in [0.2, 0.25) is 5.12 Å². The van der Waals surface area contributed by atoms with Crippen molar-refractivity contribution in [3.8, 4) is 0 Å². The Kier molecular flexibility index (Phi) is 10.3. The van der Waals surface area contributed by atoms with E-state index in [0.717, 1.165) is 18.5 Å². The Balaban J connectivity index is 2.29. The summed E-state index contributed by atoms with van der Waals surface area (Å²) in [5.41, 5.74) is 1.72. The van der Waals surface area contributed by atoms with E-state index in [1.807, 2.05) is 43.3 Å². The minimum atomic E-state index is -0.210. The van der Waals surface area contributed by atoms with Crippen molar-refractivity contribution < 1.29 is 14.3 Å². The van der Waals surface area contributed by atoms with Crippen molar-refractivity contribution in [2.24, 2.45) is 5.92 Å². The zero-order valence-electron chi connectivity index (χ0n) is 15.9. The van der Waals surface area contributed by atoms with E-state index in [9.17, 15) is 9.59 Å².